The molecule has 1 aliphatic heterocycles. The van der Waals surface area contributed by atoms with E-state index < -0.39 is 17.8 Å². The van der Waals surface area contributed by atoms with Crippen LogP contribution in [-0.2, 0) is 38.6 Å². The topological polar surface area (TPSA) is 211 Å². The highest BCUT2D eigenvalue weighted by molar-refractivity contribution is 5.94. The summed E-state index contributed by atoms with van der Waals surface area (Å²) in [6.45, 7) is 8.29. The van der Waals surface area contributed by atoms with Gasteiger partial charge in [0.05, 0.1) is 43.4 Å². The summed E-state index contributed by atoms with van der Waals surface area (Å²) in [6.07, 6.45) is 1.75. The van der Waals surface area contributed by atoms with E-state index >= 15 is 0 Å². The first-order valence-corrected chi connectivity index (χ1v) is 18.3. The Bertz CT molecular complexity index is 2370. The number of carbonyl (C=O) groups is 2. The Morgan fingerprint density at radius 1 is 0.983 bits per heavy atom. The summed E-state index contributed by atoms with van der Waals surface area (Å²) in [5.74, 6) is -0.145. The number of hydrogen-bond donors (Lipinski definition) is 4. The van der Waals surface area contributed by atoms with Gasteiger partial charge in [0, 0.05) is 57.1 Å². The van der Waals surface area contributed by atoms with Gasteiger partial charge in [-0.3, -0.25) is 14.7 Å². The van der Waals surface area contributed by atoms with Crippen molar-refractivity contribution in [1.82, 2.24) is 34.7 Å². The van der Waals surface area contributed by atoms with Crippen molar-refractivity contribution in [2.75, 3.05) is 56.3 Å². The number of imidazole rings is 1. The van der Waals surface area contributed by atoms with Crippen molar-refractivity contribution < 1.29 is 23.5 Å². The second-order valence-electron chi connectivity index (χ2n) is 13.0. The Kier molecular flexibility index (Phi) is 13.3. The average Bonchev–Trinajstić information content (AvgIpc) is 3.65. The molecular weight excluding hydrogens is 746 g/mol. The van der Waals surface area contributed by atoms with Crippen LogP contribution in [0.25, 0.3) is 11.0 Å². The smallest absolute Gasteiger partial charge is 0.328 e. The van der Waals surface area contributed by atoms with Gasteiger partial charge >= 0.3 is 5.97 Å². The molecule has 58 heavy (non-hydrogen) atoms. The van der Waals surface area contributed by atoms with E-state index in [1.54, 1.807) is 42.2 Å². The number of esters is 1. The Morgan fingerprint density at radius 2 is 1.74 bits per heavy atom. The maximum Gasteiger partial charge on any atom is 0.328 e. The van der Waals surface area contributed by atoms with E-state index in [0.717, 1.165) is 11.1 Å². The molecular formula is C40H42FN13O4. The van der Waals surface area contributed by atoms with Crippen molar-refractivity contribution in [3.8, 4) is 6.07 Å². The molecule has 1 atom stereocenters. The second-order valence-corrected chi connectivity index (χ2v) is 13.0. The van der Waals surface area contributed by atoms with Gasteiger partial charge in [0.25, 0.3) is 5.91 Å². The fourth-order valence-corrected chi connectivity index (χ4v) is 6.24. The number of carbonyl (C=O) groups excluding carboxylic acids is 2. The minimum absolute atomic E-state index is 0.0706. The molecule has 17 nitrogen and oxygen atoms in total. The van der Waals surface area contributed by atoms with Crippen molar-refractivity contribution in [1.29, 1.82) is 5.26 Å². The number of methoxy groups -OCH3 is 2. The van der Waals surface area contributed by atoms with E-state index in [4.69, 9.17) is 9.47 Å². The van der Waals surface area contributed by atoms with Gasteiger partial charge in [0.1, 0.15) is 17.7 Å². The van der Waals surface area contributed by atoms with Crippen LogP contribution in [0.5, 0.6) is 0 Å². The zero-order valence-corrected chi connectivity index (χ0v) is 32.2. The van der Waals surface area contributed by atoms with Crippen molar-refractivity contribution in [2.45, 2.75) is 32.5 Å². The Morgan fingerprint density at radius 3 is 2.45 bits per heavy atom. The van der Waals surface area contributed by atoms with Gasteiger partial charge in [-0.05, 0) is 61.2 Å². The number of piperazine rings is 1. The van der Waals surface area contributed by atoms with Crippen LogP contribution in [0.15, 0.2) is 88.3 Å². The third-order valence-corrected chi connectivity index (χ3v) is 9.11. The predicted molar refractivity (Wildman–Crippen MR) is 217 cm³/mol. The molecule has 5 aromatic rings. The first-order valence-electron chi connectivity index (χ1n) is 18.3. The van der Waals surface area contributed by atoms with Gasteiger partial charge in [-0.2, -0.15) is 20.2 Å². The van der Waals surface area contributed by atoms with E-state index in [2.05, 4.69) is 68.5 Å². The fraction of sp³-hybridized carbons (Fsp3) is 0.275. The molecule has 6 rings (SSSR count). The summed E-state index contributed by atoms with van der Waals surface area (Å²) in [5.41, 5.74) is 4.22. The van der Waals surface area contributed by atoms with E-state index in [-0.39, 0.29) is 48.3 Å². The summed E-state index contributed by atoms with van der Waals surface area (Å²) in [7, 11) is 2.73. The molecule has 0 radical (unpaired) electrons. The van der Waals surface area contributed by atoms with Crippen LogP contribution in [-0.4, -0.2) is 106 Å². The molecule has 0 spiro atoms. The summed E-state index contributed by atoms with van der Waals surface area (Å²) in [5, 5.41) is 18.7. The number of nitrogens with zero attached hydrogens (tertiary/aromatic N) is 9. The number of hydrogen-bond acceptors (Lipinski definition) is 15. The zero-order valence-electron chi connectivity index (χ0n) is 32.2. The molecule has 3 aromatic carbocycles. The maximum atomic E-state index is 13.8. The summed E-state index contributed by atoms with van der Waals surface area (Å²) in [4.78, 5) is 59.4. The molecule has 3 heterocycles. The number of aromatic nitrogens is 5. The van der Waals surface area contributed by atoms with Crippen LogP contribution in [0, 0.1) is 17.1 Å². The SMILES string of the molecule is C=N/C(C(=O)N1CCN(Cc2cccc(Nc3nc(NCc4nc5cc(F)ccc5[nH]4)nc(N[C@@H](Cc4ccc(C#N)cc4)C(=O)OC)n3)c2)CC1)=C(\N=C/C)OC. The molecule has 0 bridgehead atoms. The highest BCUT2D eigenvalue weighted by Crippen LogP contribution is 2.22. The number of benzene rings is 3. The third kappa shape index (κ3) is 10.3. The van der Waals surface area contributed by atoms with Crippen molar-refractivity contribution in [3.05, 3.63) is 107 Å². The number of fused-ring (bicyclic) bond motifs is 1. The van der Waals surface area contributed by atoms with Crippen molar-refractivity contribution in [3.63, 3.8) is 0 Å². The highest BCUT2D eigenvalue weighted by atomic mass is 19.1. The van der Waals surface area contributed by atoms with Gasteiger partial charge in [-0.15, -0.1) is 0 Å². The molecule has 2 aromatic heterocycles. The van der Waals surface area contributed by atoms with Crippen molar-refractivity contribution >= 4 is 59.4 Å². The zero-order chi connectivity index (χ0) is 41.0. The van der Waals surface area contributed by atoms with Crippen molar-refractivity contribution in [2.24, 2.45) is 9.98 Å². The second kappa shape index (κ2) is 19.1. The lowest BCUT2D eigenvalue weighted by molar-refractivity contribution is -0.141. The summed E-state index contributed by atoms with van der Waals surface area (Å²) in [6, 6.07) is 20.2. The number of aromatic amines is 1. The van der Waals surface area contributed by atoms with Crippen LogP contribution in [0.3, 0.4) is 0 Å². The van der Waals surface area contributed by atoms with E-state index in [1.807, 2.05) is 24.3 Å². The fourth-order valence-electron chi connectivity index (χ4n) is 6.24. The lowest BCUT2D eigenvalue weighted by atomic mass is 10.0. The largest absolute Gasteiger partial charge is 0.479 e. The van der Waals surface area contributed by atoms with Gasteiger partial charge in [0.2, 0.25) is 23.7 Å². The molecule has 1 amide bonds. The molecule has 298 valence electrons. The predicted octanol–water partition coefficient (Wildman–Crippen LogP) is 4.56. The van der Waals surface area contributed by atoms with E-state index in [9.17, 15) is 19.2 Å². The molecule has 1 saturated heterocycles. The number of nitrogens with one attached hydrogen (secondary N) is 4. The lowest BCUT2D eigenvalue weighted by Crippen LogP contribution is -2.48. The number of amides is 1. The maximum absolute atomic E-state index is 13.8. The Balaban J connectivity index is 1.18. The average molecular weight is 788 g/mol. The van der Waals surface area contributed by atoms with E-state index in [1.165, 1.54) is 32.6 Å². The van der Waals surface area contributed by atoms with Crippen LogP contribution >= 0.6 is 0 Å². The number of ether oxygens (including phenoxy) is 2. The van der Waals surface area contributed by atoms with Gasteiger partial charge in [0.15, 0.2) is 5.70 Å². The normalized spacial score (nSPS) is 14.0. The lowest BCUT2D eigenvalue weighted by Gasteiger charge is -2.34. The molecule has 1 fully saturated rings. The van der Waals surface area contributed by atoms with Crippen LogP contribution in [0.4, 0.5) is 27.9 Å². The first kappa shape index (κ1) is 40.4. The number of H-pyrrole nitrogens is 1. The number of rotatable bonds is 16. The number of nitriles is 1. The Labute approximate surface area is 333 Å². The van der Waals surface area contributed by atoms with Crippen LogP contribution < -0.4 is 16.0 Å². The van der Waals surface area contributed by atoms with Gasteiger partial charge in [-0.25, -0.2) is 19.2 Å². The first-order chi connectivity index (χ1) is 28.2. The molecule has 18 heteroatoms. The van der Waals surface area contributed by atoms with Crippen LogP contribution in [0.2, 0.25) is 0 Å². The molecule has 0 unspecified atom stereocenters. The number of anilines is 4. The summed E-state index contributed by atoms with van der Waals surface area (Å²) >= 11 is 0. The minimum Gasteiger partial charge on any atom is -0.479 e. The third-order valence-electron chi connectivity index (χ3n) is 9.11. The molecule has 0 saturated carbocycles. The Hall–Kier alpha value is -7.26. The minimum atomic E-state index is -0.882. The molecule has 4 N–H and O–H groups in total. The molecule has 1 aliphatic rings. The monoisotopic (exact) mass is 787 g/mol. The number of halogens is 1. The standard InChI is InChI=1S/C40H42FN13O4/c1-5-44-35(57-3)34(43-2)36(55)54-17-15-53(16-18-54)24-27-7-6-8-29(19-27)46-39-50-38(45-23-33-47-30-14-13-28(41)21-31(30)48-33)51-40(52-39)49-32(37(56)58-4)20-25-9-11-26(22-42)12-10-25/h5-14,19,21,32H,2,15-18,20,23-24H2,1,3-4H3,(H,47,48)(H3,45,46,49,50,51,52)/b35-34+,44-5-/t32-/m0/s1. The quantitative estimate of drug-likeness (QED) is 0.0468. The van der Waals surface area contributed by atoms with Crippen LogP contribution in [0.1, 0.15) is 29.4 Å². The van der Waals surface area contributed by atoms with Gasteiger partial charge < -0.3 is 35.3 Å². The van der Waals surface area contributed by atoms with Gasteiger partial charge in [-0.1, -0.05) is 24.3 Å². The number of aliphatic imine (C=N–C) groups is 2. The highest BCUT2D eigenvalue weighted by Gasteiger charge is 2.26. The summed E-state index contributed by atoms with van der Waals surface area (Å²) < 4.78 is 24.2. The van der Waals surface area contributed by atoms with E-state index in [0.29, 0.717) is 60.8 Å². The molecule has 0 aliphatic carbocycles.